The van der Waals surface area contributed by atoms with Gasteiger partial charge in [0.1, 0.15) is 5.82 Å². The molecule has 100 valence electrons. The van der Waals surface area contributed by atoms with E-state index in [0.717, 1.165) is 16.7 Å². The van der Waals surface area contributed by atoms with Crippen LogP contribution in [-0.4, -0.2) is 0 Å². The van der Waals surface area contributed by atoms with Crippen LogP contribution in [0.3, 0.4) is 0 Å². The smallest absolute Gasteiger partial charge is 0.123 e. The second-order valence-corrected chi connectivity index (χ2v) is 4.98. The van der Waals surface area contributed by atoms with Crippen molar-refractivity contribution in [2.75, 3.05) is 0 Å². The van der Waals surface area contributed by atoms with Crippen molar-refractivity contribution in [3.8, 4) is 0 Å². The normalized spacial score (nSPS) is 12.4. The highest BCUT2D eigenvalue weighted by atomic mass is 35.5. The van der Waals surface area contributed by atoms with E-state index in [4.69, 9.17) is 17.4 Å². The SMILES string of the molecule is Cc1ccc(C(Cc2ccc(F)cc2)NN)c(Cl)c1. The summed E-state index contributed by atoms with van der Waals surface area (Å²) in [6.07, 6.45) is 0.652. The number of nitrogens with two attached hydrogens (primary N) is 1. The number of hydrazine groups is 1. The summed E-state index contributed by atoms with van der Waals surface area (Å²) in [6, 6.07) is 12.2. The maximum absolute atomic E-state index is 12.9. The molecule has 0 radical (unpaired) electrons. The topological polar surface area (TPSA) is 38.0 Å². The van der Waals surface area contributed by atoms with E-state index in [1.165, 1.54) is 12.1 Å². The van der Waals surface area contributed by atoms with Crippen molar-refractivity contribution in [2.24, 2.45) is 5.84 Å². The van der Waals surface area contributed by atoms with E-state index in [1.54, 1.807) is 12.1 Å². The Morgan fingerprint density at radius 2 is 1.89 bits per heavy atom. The van der Waals surface area contributed by atoms with Crippen molar-refractivity contribution in [1.82, 2.24) is 5.43 Å². The minimum absolute atomic E-state index is 0.0986. The van der Waals surface area contributed by atoms with Crippen molar-refractivity contribution in [3.05, 3.63) is 70.0 Å². The fourth-order valence-corrected chi connectivity index (χ4v) is 2.40. The molecular weight excluding hydrogens is 263 g/mol. The second kappa shape index (κ2) is 6.15. The molecule has 0 spiro atoms. The van der Waals surface area contributed by atoms with E-state index in [1.807, 2.05) is 25.1 Å². The highest BCUT2D eigenvalue weighted by Crippen LogP contribution is 2.26. The average Bonchev–Trinajstić information content (AvgIpc) is 2.39. The van der Waals surface area contributed by atoms with E-state index in [9.17, 15) is 4.39 Å². The summed E-state index contributed by atoms with van der Waals surface area (Å²) in [5.41, 5.74) is 5.81. The van der Waals surface area contributed by atoms with Gasteiger partial charge in [0.2, 0.25) is 0 Å². The van der Waals surface area contributed by atoms with E-state index in [2.05, 4.69) is 5.43 Å². The third kappa shape index (κ3) is 3.53. The van der Waals surface area contributed by atoms with Crippen LogP contribution in [0.5, 0.6) is 0 Å². The molecule has 2 aromatic carbocycles. The van der Waals surface area contributed by atoms with Crippen LogP contribution >= 0.6 is 11.6 Å². The Morgan fingerprint density at radius 1 is 1.21 bits per heavy atom. The van der Waals surface area contributed by atoms with Gasteiger partial charge < -0.3 is 0 Å². The molecule has 0 fully saturated rings. The van der Waals surface area contributed by atoms with Crippen molar-refractivity contribution < 1.29 is 4.39 Å². The standard InChI is InChI=1S/C15H16ClFN2/c1-10-2-7-13(14(16)8-10)15(19-18)9-11-3-5-12(17)6-4-11/h2-8,15,19H,9,18H2,1H3. The Balaban J connectivity index is 2.22. The van der Waals surface area contributed by atoms with Crippen LogP contribution < -0.4 is 11.3 Å². The summed E-state index contributed by atoms with van der Waals surface area (Å²) >= 11 is 6.24. The average molecular weight is 279 g/mol. The highest BCUT2D eigenvalue weighted by Gasteiger charge is 2.14. The van der Waals surface area contributed by atoms with Gasteiger partial charge in [-0.25, -0.2) is 4.39 Å². The number of rotatable bonds is 4. The van der Waals surface area contributed by atoms with E-state index < -0.39 is 0 Å². The number of nitrogens with one attached hydrogen (secondary N) is 1. The molecule has 2 aromatic rings. The van der Waals surface area contributed by atoms with Gasteiger partial charge in [-0.15, -0.1) is 0 Å². The summed E-state index contributed by atoms with van der Waals surface area (Å²) < 4.78 is 12.9. The summed E-state index contributed by atoms with van der Waals surface area (Å²) in [6.45, 7) is 1.99. The first-order chi connectivity index (χ1) is 9.10. The lowest BCUT2D eigenvalue weighted by Crippen LogP contribution is -2.29. The van der Waals surface area contributed by atoms with Gasteiger partial charge in [-0.3, -0.25) is 11.3 Å². The Bertz CT molecular complexity index is 555. The molecule has 0 bridgehead atoms. The zero-order valence-electron chi connectivity index (χ0n) is 10.7. The van der Waals surface area contributed by atoms with Crippen LogP contribution in [-0.2, 0) is 6.42 Å². The molecule has 3 N–H and O–H groups in total. The van der Waals surface area contributed by atoms with Crippen LogP contribution in [0, 0.1) is 12.7 Å². The molecule has 0 aliphatic carbocycles. The van der Waals surface area contributed by atoms with Gasteiger partial charge in [0.05, 0.1) is 6.04 Å². The number of hydrogen-bond acceptors (Lipinski definition) is 2. The molecule has 0 heterocycles. The first-order valence-electron chi connectivity index (χ1n) is 6.07. The third-order valence-electron chi connectivity index (χ3n) is 3.09. The zero-order chi connectivity index (χ0) is 13.8. The lowest BCUT2D eigenvalue weighted by atomic mass is 9.98. The zero-order valence-corrected chi connectivity index (χ0v) is 11.4. The molecule has 1 atom stereocenters. The van der Waals surface area contributed by atoms with E-state index in [-0.39, 0.29) is 11.9 Å². The van der Waals surface area contributed by atoms with Crippen molar-refractivity contribution in [3.63, 3.8) is 0 Å². The third-order valence-corrected chi connectivity index (χ3v) is 3.41. The maximum Gasteiger partial charge on any atom is 0.123 e. The van der Waals surface area contributed by atoms with Crippen LogP contribution in [0.1, 0.15) is 22.7 Å². The predicted molar refractivity (Wildman–Crippen MR) is 76.4 cm³/mol. The van der Waals surface area contributed by atoms with Gasteiger partial charge >= 0.3 is 0 Å². The largest absolute Gasteiger partial charge is 0.271 e. The van der Waals surface area contributed by atoms with Crippen LogP contribution in [0.25, 0.3) is 0 Å². The van der Waals surface area contributed by atoms with Gasteiger partial charge in [-0.2, -0.15) is 0 Å². The van der Waals surface area contributed by atoms with Crippen molar-refractivity contribution in [1.29, 1.82) is 0 Å². The molecule has 0 aliphatic heterocycles. The van der Waals surface area contributed by atoms with E-state index >= 15 is 0 Å². The molecule has 0 aliphatic rings. The van der Waals surface area contributed by atoms with Crippen LogP contribution in [0.15, 0.2) is 42.5 Å². The number of hydrogen-bond donors (Lipinski definition) is 2. The molecule has 19 heavy (non-hydrogen) atoms. The van der Waals surface area contributed by atoms with Gasteiger partial charge in [0, 0.05) is 5.02 Å². The Hall–Kier alpha value is -1.42. The predicted octanol–water partition coefficient (Wildman–Crippen LogP) is 3.53. The summed E-state index contributed by atoms with van der Waals surface area (Å²) in [4.78, 5) is 0. The monoisotopic (exact) mass is 278 g/mol. The second-order valence-electron chi connectivity index (χ2n) is 4.57. The molecule has 2 nitrogen and oxygen atoms in total. The van der Waals surface area contributed by atoms with Gasteiger partial charge in [0.15, 0.2) is 0 Å². The molecule has 0 aromatic heterocycles. The molecule has 1 unspecified atom stereocenters. The summed E-state index contributed by atoms with van der Waals surface area (Å²) in [7, 11) is 0. The molecule has 0 saturated heterocycles. The fraction of sp³-hybridized carbons (Fsp3) is 0.200. The van der Waals surface area contributed by atoms with Crippen LogP contribution in [0.4, 0.5) is 4.39 Å². The minimum Gasteiger partial charge on any atom is -0.271 e. The Labute approximate surface area is 117 Å². The Morgan fingerprint density at radius 3 is 2.47 bits per heavy atom. The van der Waals surface area contributed by atoms with Crippen molar-refractivity contribution in [2.45, 2.75) is 19.4 Å². The number of aryl methyl sites for hydroxylation is 1. The molecule has 2 rings (SSSR count). The number of halogens is 2. The molecular formula is C15H16ClFN2. The number of benzene rings is 2. The van der Waals surface area contributed by atoms with Crippen molar-refractivity contribution >= 4 is 11.6 Å². The summed E-state index contributed by atoms with van der Waals surface area (Å²) in [5.74, 6) is 5.37. The van der Waals surface area contributed by atoms with E-state index in [0.29, 0.717) is 11.4 Å². The quantitative estimate of drug-likeness (QED) is 0.663. The lowest BCUT2D eigenvalue weighted by molar-refractivity contribution is 0.551. The lowest BCUT2D eigenvalue weighted by Gasteiger charge is -2.18. The first kappa shape index (κ1) is 14.0. The fourth-order valence-electron chi connectivity index (χ4n) is 2.03. The van der Waals surface area contributed by atoms with Gasteiger partial charge in [-0.05, 0) is 48.2 Å². The maximum atomic E-state index is 12.9. The van der Waals surface area contributed by atoms with Crippen LogP contribution in [0.2, 0.25) is 5.02 Å². The highest BCUT2D eigenvalue weighted by molar-refractivity contribution is 6.31. The molecule has 0 amide bonds. The molecule has 0 saturated carbocycles. The minimum atomic E-state index is -0.241. The van der Waals surface area contributed by atoms with Gasteiger partial charge in [-0.1, -0.05) is 35.9 Å². The molecule has 4 heteroatoms. The first-order valence-corrected chi connectivity index (χ1v) is 6.44. The Kier molecular flexibility index (Phi) is 4.53. The summed E-state index contributed by atoms with van der Waals surface area (Å²) in [5, 5.41) is 0.685. The van der Waals surface area contributed by atoms with Gasteiger partial charge in [0.25, 0.3) is 0 Å².